The third-order valence-electron chi connectivity index (χ3n) is 3.13. The number of thioether (sulfide) groups is 1. The second-order valence-corrected chi connectivity index (χ2v) is 7.22. The van der Waals surface area contributed by atoms with E-state index in [0.29, 0.717) is 17.3 Å². The number of carbonyl (C=O) groups excluding carboxylic acids is 2. The summed E-state index contributed by atoms with van der Waals surface area (Å²) < 4.78 is 10.5. The molecular formula is C18H28N4O4S. The lowest BCUT2D eigenvalue weighted by Crippen LogP contribution is -2.41. The number of carbonyl (C=O) groups is 2. The number of aromatic nitrogens is 2. The molecule has 8 nitrogen and oxygen atoms in total. The lowest BCUT2D eigenvalue weighted by molar-refractivity contribution is 0.0312. The summed E-state index contributed by atoms with van der Waals surface area (Å²) in [6.45, 7) is 12.9. The lowest BCUT2D eigenvalue weighted by Gasteiger charge is -2.28. The molecule has 1 N–H and O–H groups in total. The highest BCUT2D eigenvalue weighted by atomic mass is 32.2. The van der Waals surface area contributed by atoms with Gasteiger partial charge in [-0.05, 0) is 40.4 Å². The highest BCUT2D eigenvalue weighted by molar-refractivity contribution is 7.98. The Labute approximate surface area is 164 Å². The zero-order valence-corrected chi connectivity index (χ0v) is 17.6. The van der Waals surface area contributed by atoms with Crippen molar-refractivity contribution in [1.82, 2.24) is 15.0 Å². The molecule has 0 radical (unpaired) electrons. The molecular weight excluding hydrogens is 368 g/mol. The largest absolute Gasteiger partial charge is 0.462 e. The molecule has 1 heterocycles. The van der Waals surface area contributed by atoms with Gasteiger partial charge in [-0.3, -0.25) is 5.43 Å². The minimum absolute atomic E-state index is 0.150. The number of ether oxygens (including phenoxy) is 2. The van der Waals surface area contributed by atoms with E-state index >= 15 is 0 Å². The summed E-state index contributed by atoms with van der Waals surface area (Å²) in [6, 6.07) is 0. The molecule has 0 saturated carbocycles. The molecule has 1 aromatic rings. The number of esters is 1. The van der Waals surface area contributed by atoms with Gasteiger partial charge in [0.2, 0.25) is 0 Å². The van der Waals surface area contributed by atoms with Crippen molar-refractivity contribution >= 4 is 29.6 Å². The van der Waals surface area contributed by atoms with Crippen LogP contribution in [-0.2, 0) is 15.9 Å². The third-order valence-corrected chi connectivity index (χ3v) is 3.67. The summed E-state index contributed by atoms with van der Waals surface area (Å²) in [4.78, 5) is 33.7. The molecule has 1 amide bonds. The van der Waals surface area contributed by atoms with Gasteiger partial charge in [0, 0.05) is 0 Å². The molecule has 150 valence electrons. The van der Waals surface area contributed by atoms with Crippen LogP contribution < -0.4 is 5.43 Å². The zero-order chi connectivity index (χ0) is 20.6. The van der Waals surface area contributed by atoms with Crippen LogP contribution in [0.3, 0.4) is 0 Å². The average molecular weight is 397 g/mol. The normalized spacial score (nSPS) is 10.9. The Morgan fingerprint density at radius 2 is 1.96 bits per heavy atom. The van der Waals surface area contributed by atoms with E-state index in [4.69, 9.17) is 9.47 Å². The van der Waals surface area contributed by atoms with Crippen LogP contribution in [0, 0.1) is 0 Å². The number of hydrazine groups is 1. The van der Waals surface area contributed by atoms with Gasteiger partial charge in [-0.25, -0.2) is 24.6 Å². The number of nitrogens with one attached hydrogen (secondary N) is 1. The second kappa shape index (κ2) is 10.1. The van der Waals surface area contributed by atoms with Crippen molar-refractivity contribution in [2.24, 2.45) is 0 Å². The molecule has 27 heavy (non-hydrogen) atoms. The van der Waals surface area contributed by atoms with E-state index in [0.717, 1.165) is 0 Å². The smallest absolute Gasteiger partial charge is 0.429 e. The highest BCUT2D eigenvalue weighted by Gasteiger charge is 2.26. The molecule has 9 heteroatoms. The fourth-order valence-electron chi connectivity index (χ4n) is 2.07. The quantitative estimate of drug-likeness (QED) is 0.234. The Bertz CT molecular complexity index is 689. The first-order valence-electron chi connectivity index (χ1n) is 8.66. The Kier molecular flexibility index (Phi) is 8.55. The Hall–Kier alpha value is -2.29. The molecule has 0 aliphatic heterocycles. The topological polar surface area (TPSA) is 93.6 Å². The summed E-state index contributed by atoms with van der Waals surface area (Å²) in [7, 11) is 0. The van der Waals surface area contributed by atoms with Gasteiger partial charge in [0.15, 0.2) is 11.0 Å². The molecule has 0 fully saturated rings. The number of anilines is 1. The van der Waals surface area contributed by atoms with Gasteiger partial charge in [0.05, 0.1) is 18.8 Å². The number of amides is 1. The first-order valence-corrected chi connectivity index (χ1v) is 9.89. The molecule has 1 aromatic heterocycles. The standard InChI is InChI=1S/C18H28N4O4S/c1-8-11-22(17(24)26-18(4,5)6)21-14-13(15(23)25-10-3)12(9-2)19-16(20-14)27-7/h8H,1,9-11H2,2-7H3,(H,19,20,21). The maximum atomic E-state index is 12.5. The van der Waals surface area contributed by atoms with Crippen LogP contribution in [-0.4, -0.2) is 52.0 Å². The SMILES string of the molecule is C=CCN(Nc1nc(SC)nc(CC)c1C(=O)OCC)C(=O)OC(C)(C)C. The predicted octanol–water partition coefficient (Wildman–Crippen LogP) is 3.69. The molecule has 0 aliphatic rings. The van der Waals surface area contributed by atoms with Crippen LogP contribution in [0.25, 0.3) is 0 Å². The van der Waals surface area contributed by atoms with Crippen LogP contribution in [0.15, 0.2) is 17.8 Å². The molecule has 1 rings (SSSR count). The van der Waals surface area contributed by atoms with Gasteiger partial charge in [-0.15, -0.1) is 6.58 Å². The first-order chi connectivity index (χ1) is 12.7. The molecule has 0 bridgehead atoms. The number of hydrogen-bond donors (Lipinski definition) is 1. The predicted molar refractivity (Wildman–Crippen MR) is 106 cm³/mol. The highest BCUT2D eigenvalue weighted by Crippen LogP contribution is 2.23. The number of rotatable bonds is 8. The van der Waals surface area contributed by atoms with Gasteiger partial charge < -0.3 is 9.47 Å². The van der Waals surface area contributed by atoms with Crippen molar-refractivity contribution in [2.75, 3.05) is 24.8 Å². The van der Waals surface area contributed by atoms with Gasteiger partial charge in [-0.1, -0.05) is 24.8 Å². The first kappa shape index (κ1) is 22.8. The van der Waals surface area contributed by atoms with Gasteiger partial charge in [0.25, 0.3) is 0 Å². The molecule has 0 atom stereocenters. The molecule has 0 saturated heterocycles. The summed E-state index contributed by atoms with van der Waals surface area (Å²) in [5.41, 5.74) is 2.95. The van der Waals surface area contributed by atoms with E-state index in [1.807, 2.05) is 13.2 Å². The van der Waals surface area contributed by atoms with Crippen LogP contribution in [0.4, 0.5) is 10.6 Å². The van der Waals surface area contributed by atoms with E-state index in [1.165, 1.54) is 16.8 Å². The van der Waals surface area contributed by atoms with Crippen molar-refractivity contribution in [1.29, 1.82) is 0 Å². The van der Waals surface area contributed by atoms with E-state index in [-0.39, 0.29) is 24.5 Å². The molecule has 0 spiro atoms. The Morgan fingerprint density at radius 1 is 1.30 bits per heavy atom. The van der Waals surface area contributed by atoms with Crippen molar-refractivity contribution in [3.63, 3.8) is 0 Å². The van der Waals surface area contributed by atoms with Crippen molar-refractivity contribution in [2.45, 2.75) is 51.8 Å². The van der Waals surface area contributed by atoms with E-state index in [2.05, 4.69) is 22.0 Å². The molecule has 0 aromatic carbocycles. The average Bonchev–Trinajstić information content (AvgIpc) is 2.59. The zero-order valence-electron chi connectivity index (χ0n) is 16.8. The van der Waals surface area contributed by atoms with Crippen molar-refractivity contribution in [3.8, 4) is 0 Å². The molecule has 0 aliphatic carbocycles. The summed E-state index contributed by atoms with van der Waals surface area (Å²) >= 11 is 1.34. The summed E-state index contributed by atoms with van der Waals surface area (Å²) in [6.07, 6.45) is 3.27. The maximum Gasteiger partial charge on any atom is 0.429 e. The van der Waals surface area contributed by atoms with E-state index in [9.17, 15) is 9.59 Å². The monoisotopic (exact) mass is 396 g/mol. The van der Waals surface area contributed by atoms with E-state index < -0.39 is 17.7 Å². The minimum Gasteiger partial charge on any atom is -0.462 e. The fourth-order valence-corrected chi connectivity index (χ4v) is 2.45. The summed E-state index contributed by atoms with van der Waals surface area (Å²) in [5, 5.41) is 1.68. The van der Waals surface area contributed by atoms with Crippen molar-refractivity contribution < 1.29 is 19.1 Å². The number of nitrogens with zero attached hydrogens (tertiary/aromatic N) is 3. The fraction of sp³-hybridized carbons (Fsp3) is 0.556. The third kappa shape index (κ3) is 6.74. The van der Waals surface area contributed by atoms with Crippen LogP contribution in [0.5, 0.6) is 0 Å². The number of aryl methyl sites for hydroxylation is 1. The Morgan fingerprint density at radius 3 is 2.44 bits per heavy atom. The lowest BCUT2D eigenvalue weighted by atomic mass is 10.1. The van der Waals surface area contributed by atoms with Gasteiger partial charge in [0.1, 0.15) is 11.2 Å². The van der Waals surface area contributed by atoms with Crippen LogP contribution in [0.2, 0.25) is 0 Å². The number of hydrogen-bond acceptors (Lipinski definition) is 8. The Balaban J connectivity index is 3.36. The minimum atomic E-state index is -0.674. The second-order valence-electron chi connectivity index (χ2n) is 6.45. The summed E-state index contributed by atoms with van der Waals surface area (Å²) in [5.74, 6) is -0.357. The van der Waals surface area contributed by atoms with Gasteiger partial charge in [-0.2, -0.15) is 0 Å². The van der Waals surface area contributed by atoms with Crippen LogP contribution >= 0.6 is 11.8 Å². The van der Waals surface area contributed by atoms with Crippen molar-refractivity contribution in [3.05, 3.63) is 23.9 Å². The van der Waals surface area contributed by atoms with E-state index in [1.54, 1.807) is 33.8 Å². The van der Waals surface area contributed by atoms with Gasteiger partial charge >= 0.3 is 12.1 Å². The maximum absolute atomic E-state index is 12.5. The van der Waals surface area contributed by atoms with Crippen LogP contribution in [0.1, 0.15) is 50.7 Å². The molecule has 0 unspecified atom stereocenters.